The standard InChI is InChI=1S/C18H19NO2S/c20-16-5-3-14(4-6-16)15-9-11-19(12-10-15)18(21)8-7-17-2-1-13-22-17/h1-8,13,15,20H,9-12H2/b8-7+. The van der Waals surface area contributed by atoms with Crippen molar-refractivity contribution in [3.8, 4) is 5.75 Å². The molecule has 1 aromatic heterocycles. The molecule has 1 aliphatic heterocycles. The minimum atomic E-state index is 0.0950. The Morgan fingerprint density at radius 3 is 2.55 bits per heavy atom. The van der Waals surface area contributed by atoms with Gasteiger partial charge in [0, 0.05) is 24.0 Å². The first-order chi connectivity index (χ1) is 10.7. The van der Waals surface area contributed by atoms with Crippen LogP contribution in [0.15, 0.2) is 47.9 Å². The highest BCUT2D eigenvalue weighted by Gasteiger charge is 2.22. The van der Waals surface area contributed by atoms with Gasteiger partial charge in [0.15, 0.2) is 0 Å². The van der Waals surface area contributed by atoms with E-state index in [0.717, 1.165) is 30.8 Å². The van der Waals surface area contributed by atoms with Crippen LogP contribution in [0.2, 0.25) is 0 Å². The number of carbonyl (C=O) groups excluding carboxylic acids is 1. The molecule has 22 heavy (non-hydrogen) atoms. The van der Waals surface area contributed by atoms with Gasteiger partial charge in [0.1, 0.15) is 5.75 Å². The number of aromatic hydroxyl groups is 1. The summed E-state index contributed by atoms with van der Waals surface area (Å²) in [5.74, 6) is 0.874. The minimum Gasteiger partial charge on any atom is -0.508 e. The maximum absolute atomic E-state index is 12.2. The van der Waals surface area contributed by atoms with Crippen LogP contribution in [0, 0.1) is 0 Å². The molecule has 1 N–H and O–H groups in total. The van der Waals surface area contributed by atoms with Crippen molar-refractivity contribution in [3.05, 3.63) is 58.3 Å². The Bertz CT molecular complexity index is 638. The number of amides is 1. The van der Waals surface area contributed by atoms with Crippen LogP contribution >= 0.6 is 11.3 Å². The van der Waals surface area contributed by atoms with E-state index in [0.29, 0.717) is 11.7 Å². The Morgan fingerprint density at radius 2 is 1.91 bits per heavy atom. The van der Waals surface area contributed by atoms with E-state index >= 15 is 0 Å². The second-order valence-corrected chi connectivity index (χ2v) is 6.52. The predicted octanol–water partition coefficient (Wildman–Crippen LogP) is 3.87. The van der Waals surface area contributed by atoms with Crippen molar-refractivity contribution >= 4 is 23.3 Å². The molecule has 3 rings (SSSR count). The molecule has 0 aliphatic carbocycles. The fraction of sp³-hybridized carbons (Fsp3) is 0.278. The van der Waals surface area contributed by atoms with E-state index in [4.69, 9.17) is 0 Å². The molecule has 0 spiro atoms. The number of rotatable bonds is 3. The van der Waals surface area contributed by atoms with Gasteiger partial charge in [-0.3, -0.25) is 4.79 Å². The summed E-state index contributed by atoms with van der Waals surface area (Å²) >= 11 is 1.63. The van der Waals surface area contributed by atoms with E-state index in [1.54, 1.807) is 29.5 Å². The van der Waals surface area contributed by atoms with E-state index in [-0.39, 0.29) is 5.91 Å². The number of nitrogens with zero attached hydrogens (tertiary/aromatic N) is 1. The lowest BCUT2D eigenvalue weighted by Gasteiger charge is -2.31. The van der Waals surface area contributed by atoms with Crippen LogP contribution in [0.25, 0.3) is 6.08 Å². The van der Waals surface area contributed by atoms with Gasteiger partial charge in [-0.15, -0.1) is 11.3 Å². The maximum atomic E-state index is 12.2. The zero-order valence-corrected chi connectivity index (χ0v) is 13.1. The van der Waals surface area contributed by atoms with Crippen LogP contribution in [0.4, 0.5) is 0 Å². The molecule has 0 bridgehead atoms. The van der Waals surface area contributed by atoms with Crippen LogP contribution in [0.1, 0.15) is 29.2 Å². The minimum absolute atomic E-state index is 0.0950. The predicted molar refractivity (Wildman–Crippen MR) is 90.0 cm³/mol. The van der Waals surface area contributed by atoms with Gasteiger partial charge < -0.3 is 10.0 Å². The van der Waals surface area contributed by atoms with Gasteiger partial charge in [0.2, 0.25) is 5.91 Å². The molecule has 0 unspecified atom stereocenters. The van der Waals surface area contributed by atoms with Crippen molar-refractivity contribution in [2.45, 2.75) is 18.8 Å². The number of hydrogen-bond acceptors (Lipinski definition) is 3. The molecule has 0 saturated carbocycles. The van der Waals surface area contributed by atoms with E-state index in [2.05, 4.69) is 0 Å². The number of phenols is 1. The SMILES string of the molecule is O=C(/C=C/c1cccs1)N1CCC(c2ccc(O)cc2)CC1. The Kier molecular flexibility index (Phi) is 4.59. The summed E-state index contributed by atoms with van der Waals surface area (Å²) in [6.07, 6.45) is 5.51. The Balaban J connectivity index is 1.55. The molecular weight excluding hydrogens is 294 g/mol. The quantitative estimate of drug-likeness (QED) is 0.874. The zero-order chi connectivity index (χ0) is 15.4. The highest BCUT2D eigenvalue weighted by Crippen LogP contribution is 2.29. The fourth-order valence-corrected chi connectivity index (χ4v) is 3.44. The van der Waals surface area contributed by atoms with Gasteiger partial charge in [0.25, 0.3) is 0 Å². The van der Waals surface area contributed by atoms with Crippen LogP contribution in [-0.2, 0) is 4.79 Å². The van der Waals surface area contributed by atoms with E-state index in [1.165, 1.54) is 5.56 Å². The van der Waals surface area contributed by atoms with Gasteiger partial charge in [-0.05, 0) is 54.0 Å². The fourth-order valence-electron chi connectivity index (χ4n) is 2.82. The number of piperidine rings is 1. The van der Waals surface area contributed by atoms with Crippen molar-refractivity contribution in [1.82, 2.24) is 4.90 Å². The van der Waals surface area contributed by atoms with Crippen molar-refractivity contribution in [3.63, 3.8) is 0 Å². The Hall–Kier alpha value is -2.07. The third kappa shape index (κ3) is 3.57. The molecule has 1 amide bonds. The van der Waals surface area contributed by atoms with Crippen LogP contribution in [0.5, 0.6) is 5.75 Å². The molecule has 1 aromatic carbocycles. The Labute approximate surface area is 134 Å². The summed E-state index contributed by atoms with van der Waals surface area (Å²) in [5, 5.41) is 11.4. The van der Waals surface area contributed by atoms with Gasteiger partial charge in [-0.1, -0.05) is 18.2 Å². The van der Waals surface area contributed by atoms with E-state index in [1.807, 2.05) is 40.6 Å². The summed E-state index contributed by atoms with van der Waals surface area (Å²) < 4.78 is 0. The average molecular weight is 313 g/mol. The van der Waals surface area contributed by atoms with Gasteiger partial charge in [0.05, 0.1) is 0 Å². The molecule has 1 fully saturated rings. The number of thiophene rings is 1. The molecule has 0 radical (unpaired) electrons. The number of hydrogen-bond donors (Lipinski definition) is 1. The van der Waals surface area contributed by atoms with Crippen molar-refractivity contribution in [2.24, 2.45) is 0 Å². The van der Waals surface area contributed by atoms with Gasteiger partial charge in [-0.25, -0.2) is 0 Å². The number of likely N-dealkylation sites (tertiary alicyclic amines) is 1. The summed E-state index contributed by atoms with van der Waals surface area (Å²) in [7, 11) is 0. The van der Waals surface area contributed by atoms with E-state index in [9.17, 15) is 9.90 Å². The lowest BCUT2D eigenvalue weighted by molar-refractivity contribution is -0.126. The summed E-state index contributed by atoms with van der Waals surface area (Å²) in [6, 6.07) is 11.4. The van der Waals surface area contributed by atoms with Crippen LogP contribution < -0.4 is 0 Å². The molecule has 2 heterocycles. The summed E-state index contributed by atoms with van der Waals surface area (Å²) in [5.41, 5.74) is 1.25. The molecule has 114 valence electrons. The first kappa shape index (κ1) is 14.9. The van der Waals surface area contributed by atoms with Gasteiger partial charge >= 0.3 is 0 Å². The molecule has 2 aromatic rings. The van der Waals surface area contributed by atoms with Gasteiger partial charge in [-0.2, -0.15) is 0 Å². The van der Waals surface area contributed by atoms with Crippen molar-refractivity contribution in [2.75, 3.05) is 13.1 Å². The third-order valence-corrected chi connectivity index (χ3v) is 4.94. The molecule has 1 saturated heterocycles. The smallest absolute Gasteiger partial charge is 0.246 e. The first-order valence-electron chi connectivity index (χ1n) is 7.52. The first-order valence-corrected chi connectivity index (χ1v) is 8.40. The topological polar surface area (TPSA) is 40.5 Å². The normalized spacial score (nSPS) is 16.3. The highest BCUT2D eigenvalue weighted by molar-refractivity contribution is 7.10. The molecule has 0 atom stereocenters. The van der Waals surface area contributed by atoms with E-state index < -0.39 is 0 Å². The lowest BCUT2D eigenvalue weighted by atomic mass is 9.89. The zero-order valence-electron chi connectivity index (χ0n) is 12.3. The number of benzene rings is 1. The Morgan fingerprint density at radius 1 is 1.18 bits per heavy atom. The summed E-state index contributed by atoms with van der Waals surface area (Å²) in [6.45, 7) is 1.58. The summed E-state index contributed by atoms with van der Waals surface area (Å²) in [4.78, 5) is 15.2. The lowest BCUT2D eigenvalue weighted by Crippen LogP contribution is -2.36. The largest absolute Gasteiger partial charge is 0.508 e. The second-order valence-electron chi connectivity index (χ2n) is 5.54. The molecule has 4 heteroatoms. The molecular formula is C18H19NO2S. The third-order valence-electron chi connectivity index (χ3n) is 4.10. The van der Waals surface area contributed by atoms with Crippen molar-refractivity contribution < 1.29 is 9.90 Å². The average Bonchev–Trinajstić information content (AvgIpc) is 3.07. The maximum Gasteiger partial charge on any atom is 0.246 e. The van der Waals surface area contributed by atoms with Crippen molar-refractivity contribution in [1.29, 1.82) is 0 Å². The number of phenolic OH excluding ortho intramolecular Hbond substituents is 1. The van der Waals surface area contributed by atoms with Crippen LogP contribution in [-0.4, -0.2) is 29.0 Å². The monoisotopic (exact) mass is 313 g/mol. The molecule has 3 nitrogen and oxygen atoms in total. The second kappa shape index (κ2) is 6.79. The van der Waals surface area contributed by atoms with Crippen LogP contribution in [0.3, 0.4) is 0 Å². The molecule has 1 aliphatic rings. The number of carbonyl (C=O) groups is 1. The highest BCUT2D eigenvalue weighted by atomic mass is 32.1.